The molecule has 1 nitrogen and oxygen atoms in total. The van der Waals surface area contributed by atoms with E-state index >= 15 is 0 Å². The molecule has 16 radical (unpaired) electrons. The first-order valence-electron chi connectivity index (χ1n) is 19.4. The number of anilines is 3. The van der Waals surface area contributed by atoms with Gasteiger partial charge in [0.05, 0.1) is 0 Å². The van der Waals surface area contributed by atoms with Crippen LogP contribution in [-0.4, -0.2) is 62.8 Å². The summed E-state index contributed by atoms with van der Waals surface area (Å²) in [5.74, 6) is 0. The van der Waals surface area contributed by atoms with E-state index in [9.17, 15) is 0 Å². The van der Waals surface area contributed by atoms with Crippen molar-refractivity contribution in [3.8, 4) is 33.4 Å². The molecule has 1 aromatic heterocycles. The first-order valence-corrected chi connectivity index (χ1v) is 20.2. The van der Waals surface area contributed by atoms with E-state index in [4.69, 9.17) is 62.8 Å². The summed E-state index contributed by atoms with van der Waals surface area (Å²) < 4.78 is 2.47. The van der Waals surface area contributed by atoms with Gasteiger partial charge in [0.25, 0.3) is 0 Å². The average molecular weight is 758 g/mol. The molecule has 0 N–H and O–H groups in total. The Kier molecular flexibility index (Phi) is 9.53. The zero-order chi connectivity index (χ0) is 41.4. The Morgan fingerprint density at radius 1 is 0.333 bits per heavy atom. The van der Waals surface area contributed by atoms with Crippen molar-refractivity contribution in [3.63, 3.8) is 0 Å². The van der Waals surface area contributed by atoms with E-state index in [1.807, 2.05) is 109 Å². The van der Waals surface area contributed by atoms with Crippen LogP contribution >= 0.6 is 11.3 Å². The van der Waals surface area contributed by atoms with Gasteiger partial charge in [-0.3, -0.25) is 0 Å². The molecule has 0 aliphatic carbocycles. The fourth-order valence-electron chi connectivity index (χ4n) is 8.66. The maximum atomic E-state index is 7.13. The van der Waals surface area contributed by atoms with Crippen LogP contribution in [0.25, 0.3) is 75.1 Å². The minimum atomic E-state index is 0.178. The van der Waals surface area contributed by atoms with Gasteiger partial charge < -0.3 is 4.90 Å². The second-order valence-corrected chi connectivity index (χ2v) is 16.1. The SMILES string of the molecule is [B]c1c([B])c(N(c2ccc(-c3ccc4sc5ccccc5c4c3)cc2)c2c([B])c([B])c(-c3cccc4ccccc34)c([B])c2[B])c([B])c([B])c1-c1cccc2ccccc12. The van der Waals surface area contributed by atoms with Gasteiger partial charge in [-0.2, -0.15) is 0 Å². The number of nitrogens with zero attached hydrogens (tertiary/aromatic N) is 1. The molecule has 0 fully saturated rings. The zero-order valence-corrected chi connectivity index (χ0v) is 33.2. The van der Waals surface area contributed by atoms with E-state index in [-0.39, 0.29) is 43.7 Å². The summed E-state index contributed by atoms with van der Waals surface area (Å²) in [6.45, 7) is 0. The Morgan fingerprint density at radius 2 is 0.750 bits per heavy atom. The van der Waals surface area contributed by atoms with Crippen molar-refractivity contribution < 1.29 is 0 Å². The first-order chi connectivity index (χ1) is 29.1. The average Bonchev–Trinajstić information content (AvgIpc) is 3.66. The summed E-state index contributed by atoms with van der Waals surface area (Å²) in [6.07, 6.45) is 0. The molecular weight excluding hydrogens is 733 g/mol. The topological polar surface area (TPSA) is 3.24 Å². The third kappa shape index (κ3) is 6.02. The third-order valence-corrected chi connectivity index (χ3v) is 12.8. The van der Waals surface area contributed by atoms with Gasteiger partial charge in [-0.05, 0) is 85.3 Å². The molecule has 60 heavy (non-hydrogen) atoms. The Morgan fingerprint density at radius 3 is 1.27 bits per heavy atom. The summed E-state index contributed by atoms with van der Waals surface area (Å²) in [6, 6.07) is 50.8. The lowest BCUT2D eigenvalue weighted by Crippen LogP contribution is -2.50. The van der Waals surface area contributed by atoms with Gasteiger partial charge in [-0.1, -0.05) is 165 Å². The van der Waals surface area contributed by atoms with Crippen LogP contribution in [0.2, 0.25) is 0 Å². The quantitative estimate of drug-likeness (QED) is 0.212. The van der Waals surface area contributed by atoms with Crippen molar-refractivity contribution >= 4 is 177 Å². The van der Waals surface area contributed by atoms with Crippen molar-refractivity contribution in [1.82, 2.24) is 0 Å². The smallest absolute Gasteiger partial charge is 0.115 e. The van der Waals surface area contributed by atoms with Gasteiger partial charge >= 0.3 is 0 Å². The summed E-state index contributed by atoms with van der Waals surface area (Å²) in [5.41, 5.74) is 7.61. The van der Waals surface area contributed by atoms with E-state index in [2.05, 4.69) is 42.5 Å². The minimum Gasteiger partial charge on any atom is -0.313 e. The number of rotatable bonds is 6. The molecule has 10 rings (SSSR count). The maximum absolute atomic E-state index is 7.13. The molecule has 0 saturated heterocycles. The lowest BCUT2D eigenvalue weighted by Gasteiger charge is -2.37. The lowest BCUT2D eigenvalue weighted by molar-refractivity contribution is 1.33. The molecule has 0 saturated carbocycles. The molecule has 0 unspecified atom stereocenters. The molecule has 0 amide bonds. The lowest BCUT2D eigenvalue weighted by atomic mass is 9.62. The molecule has 0 aliphatic rings. The molecule has 260 valence electrons. The Hall–Kier alpha value is -5.96. The second kappa shape index (κ2) is 14.9. The number of hydrogen-bond acceptors (Lipinski definition) is 2. The van der Waals surface area contributed by atoms with Crippen LogP contribution in [0.3, 0.4) is 0 Å². The summed E-state index contributed by atoms with van der Waals surface area (Å²) in [7, 11) is 56.7. The van der Waals surface area contributed by atoms with Crippen LogP contribution in [0.1, 0.15) is 0 Å². The van der Waals surface area contributed by atoms with Crippen molar-refractivity contribution in [2.24, 2.45) is 0 Å². The highest BCUT2D eigenvalue weighted by Gasteiger charge is 2.27. The molecule has 0 atom stereocenters. The Labute approximate surface area is 364 Å². The minimum absolute atomic E-state index is 0.178. The van der Waals surface area contributed by atoms with E-state index in [0.717, 1.165) is 43.8 Å². The molecule has 0 aliphatic heterocycles. The number of fused-ring (bicyclic) bond motifs is 5. The fraction of sp³-hybridized carbons (Fsp3) is 0. The van der Waals surface area contributed by atoms with E-state index in [0.29, 0.717) is 28.2 Å². The van der Waals surface area contributed by atoms with Crippen LogP contribution in [-0.2, 0) is 0 Å². The number of hydrogen-bond donors (Lipinski definition) is 0. The van der Waals surface area contributed by atoms with Crippen LogP contribution in [0.4, 0.5) is 17.1 Å². The molecule has 0 bridgehead atoms. The zero-order valence-electron chi connectivity index (χ0n) is 32.4. The van der Waals surface area contributed by atoms with Gasteiger partial charge in [0.2, 0.25) is 0 Å². The van der Waals surface area contributed by atoms with Crippen molar-refractivity contribution in [3.05, 3.63) is 152 Å². The predicted octanol–water partition coefficient (Wildman–Crippen LogP) is 5.18. The van der Waals surface area contributed by atoms with Crippen LogP contribution in [0.5, 0.6) is 0 Å². The fourth-order valence-corrected chi connectivity index (χ4v) is 9.74. The summed E-state index contributed by atoms with van der Waals surface area (Å²) >= 11 is 1.78. The predicted molar refractivity (Wildman–Crippen MR) is 268 cm³/mol. The normalized spacial score (nSPS) is 11.5. The molecule has 10 heteroatoms. The Bertz CT molecular complexity index is 3160. The molecule has 10 aromatic rings. The van der Waals surface area contributed by atoms with Gasteiger partial charge in [0, 0.05) is 37.2 Å². The van der Waals surface area contributed by atoms with Crippen LogP contribution in [0.15, 0.2) is 152 Å². The highest BCUT2D eigenvalue weighted by atomic mass is 32.1. The molecule has 0 spiro atoms. The van der Waals surface area contributed by atoms with E-state index in [1.54, 1.807) is 16.2 Å². The third-order valence-electron chi connectivity index (χ3n) is 11.7. The van der Waals surface area contributed by atoms with Crippen molar-refractivity contribution in [2.45, 2.75) is 0 Å². The summed E-state index contributed by atoms with van der Waals surface area (Å²) in [4.78, 5) is 1.77. The molecule has 9 aromatic carbocycles. The number of benzene rings is 9. The molecular formula is C50H25B8NS. The van der Waals surface area contributed by atoms with Gasteiger partial charge in [-0.15, -0.1) is 11.3 Å². The first kappa shape index (κ1) is 38.3. The van der Waals surface area contributed by atoms with Crippen LogP contribution in [0, 0.1) is 0 Å². The summed E-state index contributed by atoms with van der Waals surface area (Å²) in [5, 5.41) is 6.35. The standard InChI is InChI=1S/C50H25B8NS/c51-41-39(34-16-7-11-27-9-1-3-13-31(27)34)42(52)46(56)49(45(41)55)59(30-22-19-26(20-23-30)29-21-24-38-36(25-29)33-15-5-6-18-37(33)60-38)50-47(57)43(53)40(44(54)48(50)58)35-17-8-12-28-10-2-4-14-32(28)35/h1-25H. The molecule has 1 heterocycles. The van der Waals surface area contributed by atoms with Crippen molar-refractivity contribution in [2.75, 3.05) is 4.90 Å². The largest absolute Gasteiger partial charge is 0.313 e. The van der Waals surface area contributed by atoms with Gasteiger partial charge in [0.1, 0.15) is 62.8 Å². The van der Waals surface area contributed by atoms with Gasteiger partial charge in [-0.25, -0.2) is 0 Å². The maximum Gasteiger partial charge on any atom is 0.115 e. The highest BCUT2D eigenvalue weighted by Crippen LogP contribution is 2.38. The van der Waals surface area contributed by atoms with Gasteiger partial charge in [0.15, 0.2) is 0 Å². The highest BCUT2D eigenvalue weighted by molar-refractivity contribution is 7.25. The number of thiophene rings is 1. The Balaban J connectivity index is 1.20. The van der Waals surface area contributed by atoms with E-state index in [1.165, 1.54) is 20.2 Å². The van der Waals surface area contributed by atoms with Crippen LogP contribution < -0.4 is 48.6 Å². The second-order valence-electron chi connectivity index (χ2n) is 15.0. The van der Waals surface area contributed by atoms with Crippen molar-refractivity contribution in [1.29, 1.82) is 0 Å². The van der Waals surface area contributed by atoms with E-state index < -0.39 is 0 Å². The monoisotopic (exact) mass is 759 g/mol.